The SMILES string of the molecule is C=C/C=C(\C=C/C)c1ccc(COCCCCCN2CC(N=O)C(=O)[C@H](O)[C@@H]2CO)cc1F. The van der Waals surface area contributed by atoms with Crippen LogP contribution < -0.4 is 0 Å². The number of Topliss-reactive ketones (excluding diaryl/α,β-unsaturated/α-hetero) is 1. The Morgan fingerprint density at radius 2 is 2.15 bits per heavy atom. The molecule has 2 rings (SSSR count). The first-order valence-corrected chi connectivity index (χ1v) is 11.2. The van der Waals surface area contributed by atoms with Gasteiger partial charge >= 0.3 is 0 Å². The van der Waals surface area contributed by atoms with Gasteiger partial charge in [0.2, 0.25) is 0 Å². The van der Waals surface area contributed by atoms with Gasteiger partial charge in [-0.15, -0.1) is 4.91 Å². The molecule has 0 spiro atoms. The molecule has 0 bridgehead atoms. The van der Waals surface area contributed by atoms with Crippen LogP contribution in [0.1, 0.15) is 37.3 Å². The fourth-order valence-corrected chi connectivity index (χ4v) is 3.90. The minimum atomic E-state index is -1.40. The maximum atomic E-state index is 14.5. The summed E-state index contributed by atoms with van der Waals surface area (Å²) in [6.07, 6.45) is 8.02. The van der Waals surface area contributed by atoms with E-state index in [2.05, 4.69) is 11.8 Å². The summed E-state index contributed by atoms with van der Waals surface area (Å²) in [4.78, 5) is 24.4. The number of aliphatic hydroxyl groups is 2. The number of hydrogen-bond donors (Lipinski definition) is 2. The number of allylic oxidation sites excluding steroid dienone is 5. The van der Waals surface area contributed by atoms with Crippen molar-refractivity contribution in [3.8, 4) is 0 Å². The van der Waals surface area contributed by atoms with Crippen molar-refractivity contribution >= 4 is 11.4 Å². The smallest absolute Gasteiger partial charge is 0.192 e. The molecule has 1 aliphatic rings. The molecule has 1 heterocycles. The van der Waals surface area contributed by atoms with Crippen LogP contribution in [0, 0.1) is 10.7 Å². The molecule has 2 N–H and O–H groups in total. The summed E-state index contributed by atoms with van der Waals surface area (Å²) in [6.45, 7) is 6.63. The van der Waals surface area contributed by atoms with Crippen LogP contribution in [0.3, 0.4) is 0 Å². The molecule has 1 fully saturated rings. The fourth-order valence-electron chi connectivity index (χ4n) is 3.90. The molecule has 0 aromatic heterocycles. The van der Waals surface area contributed by atoms with Crippen molar-refractivity contribution in [1.29, 1.82) is 0 Å². The first kappa shape index (κ1) is 26.7. The van der Waals surface area contributed by atoms with Gasteiger partial charge in [0, 0.05) is 18.7 Å². The van der Waals surface area contributed by atoms with Gasteiger partial charge in [-0.3, -0.25) is 9.69 Å². The number of benzene rings is 1. The van der Waals surface area contributed by atoms with Crippen molar-refractivity contribution in [3.63, 3.8) is 0 Å². The van der Waals surface area contributed by atoms with Gasteiger partial charge in [0.15, 0.2) is 11.8 Å². The topological polar surface area (TPSA) is 99.4 Å². The van der Waals surface area contributed by atoms with Gasteiger partial charge in [-0.2, -0.15) is 0 Å². The number of hydrogen-bond acceptors (Lipinski definition) is 7. The van der Waals surface area contributed by atoms with E-state index >= 15 is 0 Å². The summed E-state index contributed by atoms with van der Waals surface area (Å²) >= 11 is 0. The minimum absolute atomic E-state index is 0.112. The van der Waals surface area contributed by atoms with E-state index in [1.807, 2.05) is 25.1 Å². The van der Waals surface area contributed by atoms with E-state index in [0.717, 1.165) is 30.4 Å². The zero-order valence-corrected chi connectivity index (χ0v) is 19.0. The van der Waals surface area contributed by atoms with E-state index in [9.17, 15) is 24.3 Å². The number of piperidine rings is 1. The Labute approximate surface area is 194 Å². The van der Waals surface area contributed by atoms with Gasteiger partial charge in [0.1, 0.15) is 11.9 Å². The lowest BCUT2D eigenvalue weighted by atomic mass is 9.94. The highest BCUT2D eigenvalue weighted by Crippen LogP contribution is 2.22. The van der Waals surface area contributed by atoms with E-state index in [4.69, 9.17) is 4.74 Å². The second-order valence-corrected chi connectivity index (χ2v) is 8.00. The lowest BCUT2D eigenvalue weighted by molar-refractivity contribution is -0.139. The Kier molecular flexibility index (Phi) is 11.3. The molecule has 1 aromatic rings. The maximum absolute atomic E-state index is 14.5. The second-order valence-electron chi connectivity index (χ2n) is 8.00. The second kappa shape index (κ2) is 13.9. The largest absolute Gasteiger partial charge is 0.395 e. The molecule has 0 saturated carbocycles. The van der Waals surface area contributed by atoms with Crippen molar-refractivity contribution in [3.05, 3.63) is 70.9 Å². The van der Waals surface area contributed by atoms with Crippen LogP contribution in [-0.2, 0) is 16.1 Å². The molecule has 1 unspecified atom stereocenters. The molecule has 180 valence electrons. The van der Waals surface area contributed by atoms with E-state index < -0.39 is 24.0 Å². The molecular weight excluding hydrogens is 427 g/mol. The number of halogens is 1. The summed E-state index contributed by atoms with van der Waals surface area (Å²) in [6, 6.07) is 3.25. The van der Waals surface area contributed by atoms with Crippen LogP contribution in [0.5, 0.6) is 0 Å². The fraction of sp³-hybridized carbons (Fsp3) is 0.480. The molecular formula is C25H33FN2O5. The summed E-state index contributed by atoms with van der Waals surface area (Å²) in [5, 5.41) is 22.3. The van der Waals surface area contributed by atoms with E-state index in [-0.39, 0.29) is 19.0 Å². The third-order valence-electron chi connectivity index (χ3n) is 5.67. The number of nitroso groups, excluding NO2 is 1. The Bertz CT molecular complexity index is 870. The zero-order chi connectivity index (χ0) is 24.2. The van der Waals surface area contributed by atoms with Crippen molar-refractivity contribution in [2.45, 2.75) is 51.0 Å². The average Bonchev–Trinajstić information content (AvgIpc) is 2.80. The van der Waals surface area contributed by atoms with Crippen molar-refractivity contribution in [2.75, 3.05) is 26.3 Å². The molecule has 1 saturated heterocycles. The molecule has 3 atom stereocenters. The highest BCUT2D eigenvalue weighted by molar-refractivity contribution is 5.90. The number of aliphatic hydroxyl groups excluding tert-OH is 2. The number of ether oxygens (including phenoxy) is 1. The lowest BCUT2D eigenvalue weighted by Gasteiger charge is -2.38. The normalized spacial score (nSPS) is 22.1. The lowest BCUT2D eigenvalue weighted by Crippen LogP contribution is -2.60. The summed E-state index contributed by atoms with van der Waals surface area (Å²) in [5.41, 5.74) is 2.01. The third kappa shape index (κ3) is 7.50. The zero-order valence-electron chi connectivity index (χ0n) is 19.0. The van der Waals surface area contributed by atoms with Gasteiger partial charge in [-0.05, 0) is 49.9 Å². The van der Waals surface area contributed by atoms with Crippen molar-refractivity contribution in [2.24, 2.45) is 5.18 Å². The van der Waals surface area contributed by atoms with E-state index in [1.165, 1.54) is 6.07 Å². The monoisotopic (exact) mass is 460 g/mol. The number of likely N-dealkylation sites (tertiary alicyclic amines) is 1. The maximum Gasteiger partial charge on any atom is 0.192 e. The number of nitrogens with zero attached hydrogens (tertiary/aromatic N) is 2. The van der Waals surface area contributed by atoms with E-state index in [1.54, 1.807) is 23.1 Å². The molecule has 7 nitrogen and oxygen atoms in total. The predicted molar refractivity (Wildman–Crippen MR) is 126 cm³/mol. The van der Waals surface area contributed by atoms with Crippen molar-refractivity contribution in [1.82, 2.24) is 4.90 Å². The van der Waals surface area contributed by atoms with E-state index in [0.29, 0.717) is 25.3 Å². The molecule has 0 amide bonds. The summed E-state index contributed by atoms with van der Waals surface area (Å²) in [7, 11) is 0. The molecule has 1 aromatic carbocycles. The van der Waals surface area contributed by atoms with Crippen LogP contribution in [0.2, 0.25) is 0 Å². The standard InChI is InChI=1S/C25H33FN2O5/c1-3-8-19(9-4-2)20-11-10-18(14-21(20)26)17-33-13-7-5-6-12-28-15-22(27-32)24(30)25(31)23(28)16-29/h3-4,8-11,14,22-23,25,29,31H,1,5-7,12-13,15-17H2,2H3/b9-4-,19-8+/t22?,23-,25+/m0/s1. The molecule has 33 heavy (non-hydrogen) atoms. The van der Waals surface area contributed by atoms with Crippen molar-refractivity contribution < 1.29 is 24.1 Å². The highest BCUT2D eigenvalue weighted by Gasteiger charge is 2.41. The van der Waals surface area contributed by atoms with Crippen LogP contribution in [-0.4, -0.2) is 65.4 Å². The Balaban J connectivity index is 1.74. The first-order chi connectivity index (χ1) is 16.0. The quantitative estimate of drug-likeness (QED) is 0.266. The number of unbranched alkanes of at least 4 members (excludes halogenated alkanes) is 2. The van der Waals surface area contributed by atoms with Gasteiger partial charge in [-0.1, -0.05) is 48.2 Å². The van der Waals surface area contributed by atoms with Crippen LogP contribution in [0.25, 0.3) is 5.57 Å². The number of carbonyl (C=O) groups excluding carboxylic acids is 1. The summed E-state index contributed by atoms with van der Waals surface area (Å²) < 4.78 is 20.2. The third-order valence-corrected chi connectivity index (χ3v) is 5.67. The Hall–Kier alpha value is -2.52. The van der Waals surface area contributed by atoms with Gasteiger partial charge in [0.25, 0.3) is 0 Å². The number of rotatable bonds is 13. The molecule has 8 heteroatoms. The number of ketones is 1. The highest BCUT2D eigenvalue weighted by atomic mass is 19.1. The first-order valence-electron chi connectivity index (χ1n) is 11.2. The minimum Gasteiger partial charge on any atom is -0.395 e. The summed E-state index contributed by atoms with van der Waals surface area (Å²) in [5.74, 6) is -0.945. The van der Waals surface area contributed by atoms with Crippen LogP contribution in [0.15, 0.2) is 54.3 Å². The molecule has 0 aliphatic carbocycles. The average molecular weight is 461 g/mol. The van der Waals surface area contributed by atoms with Gasteiger partial charge < -0.3 is 14.9 Å². The predicted octanol–water partition coefficient (Wildman–Crippen LogP) is 3.40. The Morgan fingerprint density at radius 3 is 2.79 bits per heavy atom. The Morgan fingerprint density at radius 1 is 1.36 bits per heavy atom. The molecule has 1 aliphatic heterocycles. The van der Waals surface area contributed by atoms with Gasteiger partial charge in [-0.25, -0.2) is 4.39 Å². The van der Waals surface area contributed by atoms with Crippen LogP contribution in [0.4, 0.5) is 4.39 Å². The van der Waals surface area contributed by atoms with Crippen LogP contribution >= 0.6 is 0 Å². The number of carbonyl (C=O) groups is 1. The van der Waals surface area contributed by atoms with Gasteiger partial charge in [0.05, 0.1) is 19.3 Å². The molecule has 0 radical (unpaired) electrons.